The summed E-state index contributed by atoms with van der Waals surface area (Å²) in [7, 11) is 1.86. The molecular formula is C11H12BrFN4. The lowest BCUT2D eigenvalue weighted by molar-refractivity contribution is 0.565. The molecule has 0 aliphatic rings. The maximum Gasteiger partial charge on any atom is 0.137 e. The van der Waals surface area contributed by atoms with Crippen molar-refractivity contribution in [3.05, 3.63) is 52.3 Å². The van der Waals surface area contributed by atoms with E-state index in [9.17, 15) is 4.39 Å². The lowest BCUT2D eigenvalue weighted by Crippen LogP contribution is -2.31. The monoisotopic (exact) mass is 298 g/mol. The van der Waals surface area contributed by atoms with Gasteiger partial charge in [-0.3, -0.25) is 5.84 Å². The lowest BCUT2D eigenvalue weighted by atomic mass is 10.1. The lowest BCUT2D eigenvalue weighted by Gasteiger charge is -2.17. The van der Waals surface area contributed by atoms with Gasteiger partial charge in [0.25, 0.3) is 0 Å². The average molecular weight is 299 g/mol. The second-order valence-electron chi connectivity index (χ2n) is 3.64. The van der Waals surface area contributed by atoms with Gasteiger partial charge in [-0.15, -0.1) is 0 Å². The first kappa shape index (κ1) is 12.2. The SMILES string of the molecule is Cn1ccnc1C(NN)c1cccc(F)c1Br. The van der Waals surface area contributed by atoms with Gasteiger partial charge in [0.05, 0.1) is 4.47 Å². The third-order valence-electron chi connectivity index (χ3n) is 2.58. The molecule has 6 heteroatoms. The van der Waals surface area contributed by atoms with Gasteiger partial charge in [-0.2, -0.15) is 0 Å². The molecule has 1 unspecified atom stereocenters. The van der Waals surface area contributed by atoms with Crippen molar-refractivity contribution < 1.29 is 4.39 Å². The van der Waals surface area contributed by atoms with Crippen LogP contribution < -0.4 is 11.3 Å². The Morgan fingerprint density at radius 3 is 2.88 bits per heavy atom. The van der Waals surface area contributed by atoms with Crippen LogP contribution in [0, 0.1) is 5.82 Å². The van der Waals surface area contributed by atoms with Gasteiger partial charge in [0.2, 0.25) is 0 Å². The molecule has 0 radical (unpaired) electrons. The van der Waals surface area contributed by atoms with Crippen LogP contribution in [-0.2, 0) is 7.05 Å². The highest BCUT2D eigenvalue weighted by Gasteiger charge is 2.20. The van der Waals surface area contributed by atoms with Crippen molar-refractivity contribution >= 4 is 15.9 Å². The second-order valence-corrected chi connectivity index (χ2v) is 4.43. The van der Waals surface area contributed by atoms with E-state index in [1.807, 2.05) is 17.8 Å². The zero-order valence-electron chi connectivity index (χ0n) is 9.19. The Morgan fingerprint density at radius 1 is 1.53 bits per heavy atom. The molecule has 0 bridgehead atoms. The first-order valence-corrected chi connectivity index (χ1v) is 5.81. The summed E-state index contributed by atoms with van der Waals surface area (Å²) < 4.78 is 15.7. The van der Waals surface area contributed by atoms with E-state index < -0.39 is 0 Å². The van der Waals surface area contributed by atoms with Gasteiger partial charge in [0.1, 0.15) is 17.7 Å². The minimum atomic E-state index is -0.361. The second kappa shape index (κ2) is 4.95. The van der Waals surface area contributed by atoms with E-state index in [1.165, 1.54) is 6.07 Å². The Kier molecular flexibility index (Phi) is 3.56. The van der Waals surface area contributed by atoms with Gasteiger partial charge in [-0.05, 0) is 27.6 Å². The van der Waals surface area contributed by atoms with Gasteiger partial charge in [-0.1, -0.05) is 12.1 Å². The molecule has 0 saturated carbocycles. The molecule has 0 spiro atoms. The Balaban J connectivity index is 2.50. The van der Waals surface area contributed by atoms with Crippen molar-refractivity contribution in [2.75, 3.05) is 0 Å². The third-order valence-corrected chi connectivity index (χ3v) is 3.41. The summed E-state index contributed by atoms with van der Waals surface area (Å²) in [4.78, 5) is 4.21. The van der Waals surface area contributed by atoms with Crippen molar-refractivity contribution in [1.29, 1.82) is 0 Å². The van der Waals surface area contributed by atoms with E-state index in [2.05, 4.69) is 26.3 Å². The molecule has 1 heterocycles. The zero-order valence-corrected chi connectivity index (χ0v) is 10.8. The fraction of sp³-hybridized carbons (Fsp3) is 0.182. The van der Waals surface area contributed by atoms with E-state index in [4.69, 9.17) is 5.84 Å². The number of aryl methyl sites for hydroxylation is 1. The molecule has 0 saturated heterocycles. The molecule has 0 fully saturated rings. The van der Waals surface area contributed by atoms with Gasteiger partial charge in [0, 0.05) is 19.4 Å². The van der Waals surface area contributed by atoms with Gasteiger partial charge in [0.15, 0.2) is 0 Å². The van der Waals surface area contributed by atoms with Crippen molar-refractivity contribution in [3.63, 3.8) is 0 Å². The van der Waals surface area contributed by atoms with Crippen LogP contribution >= 0.6 is 15.9 Å². The summed E-state index contributed by atoms with van der Waals surface area (Å²) in [6, 6.07) is 4.47. The molecule has 2 aromatic rings. The van der Waals surface area contributed by atoms with Crippen LogP contribution in [-0.4, -0.2) is 9.55 Å². The number of nitrogens with one attached hydrogen (secondary N) is 1. The van der Waals surface area contributed by atoms with E-state index >= 15 is 0 Å². The number of nitrogens with two attached hydrogens (primary N) is 1. The predicted molar refractivity (Wildman–Crippen MR) is 66.5 cm³/mol. The zero-order chi connectivity index (χ0) is 12.4. The predicted octanol–water partition coefficient (Wildman–Crippen LogP) is 1.87. The highest BCUT2D eigenvalue weighted by Crippen LogP contribution is 2.28. The summed E-state index contributed by atoms with van der Waals surface area (Å²) in [5.74, 6) is 5.94. The molecule has 17 heavy (non-hydrogen) atoms. The largest absolute Gasteiger partial charge is 0.336 e. The van der Waals surface area contributed by atoms with Crippen molar-refractivity contribution in [1.82, 2.24) is 15.0 Å². The number of hydrogen-bond donors (Lipinski definition) is 2. The standard InChI is InChI=1S/C11H12BrFN4/c1-17-6-5-15-11(17)10(16-14)7-3-2-4-8(13)9(7)12/h2-6,10,16H,14H2,1H3. The number of nitrogens with zero attached hydrogens (tertiary/aromatic N) is 2. The Bertz CT molecular complexity index is 526. The van der Waals surface area contributed by atoms with Crippen LogP contribution in [0.5, 0.6) is 0 Å². The molecule has 1 aromatic carbocycles. The fourth-order valence-electron chi connectivity index (χ4n) is 1.70. The van der Waals surface area contributed by atoms with E-state index in [1.54, 1.807) is 18.3 Å². The molecule has 1 atom stereocenters. The maximum absolute atomic E-state index is 13.5. The van der Waals surface area contributed by atoms with Gasteiger partial charge < -0.3 is 4.57 Å². The highest BCUT2D eigenvalue weighted by atomic mass is 79.9. The van der Waals surface area contributed by atoms with Crippen LogP contribution in [0.3, 0.4) is 0 Å². The van der Waals surface area contributed by atoms with E-state index in [-0.39, 0.29) is 11.9 Å². The Hall–Kier alpha value is -1.24. The summed E-state index contributed by atoms with van der Waals surface area (Å²) in [5.41, 5.74) is 3.36. The first-order chi connectivity index (χ1) is 8.15. The van der Waals surface area contributed by atoms with Crippen LogP contribution in [0.25, 0.3) is 0 Å². The number of hydrogen-bond acceptors (Lipinski definition) is 3. The molecule has 90 valence electrons. The normalized spacial score (nSPS) is 12.7. The van der Waals surface area contributed by atoms with Gasteiger partial charge in [-0.25, -0.2) is 14.8 Å². The van der Waals surface area contributed by atoms with E-state index in [0.717, 1.165) is 5.82 Å². The van der Waals surface area contributed by atoms with Crippen LogP contribution in [0.2, 0.25) is 0 Å². The quantitative estimate of drug-likeness (QED) is 0.672. The van der Waals surface area contributed by atoms with Gasteiger partial charge >= 0.3 is 0 Å². The molecule has 3 N–H and O–H groups in total. The molecule has 0 aliphatic carbocycles. The van der Waals surface area contributed by atoms with Crippen LogP contribution in [0.1, 0.15) is 17.4 Å². The van der Waals surface area contributed by atoms with Crippen LogP contribution in [0.4, 0.5) is 4.39 Å². The molecule has 0 aliphatic heterocycles. The summed E-state index contributed by atoms with van der Waals surface area (Å²) in [6.07, 6.45) is 3.49. The smallest absolute Gasteiger partial charge is 0.137 e. The molecule has 0 amide bonds. The molecule has 4 nitrogen and oxygen atoms in total. The number of rotatable bonds is 3. The minimum Gasteiger partial charge on any atom is -0.336 e. The van der Waals surface area contributed by atoms with E-state index in [0.29, 0.717) is 10.0 Å². The molecule has 2 rings (SSSR count). The number of hydrazine groups is 1. The Labute approximate surface area is 107 Å². The first-order valence-electron chi connectivity index (χ1n) is 5.02. The van der Waals surface area contributed by atoms with Crippen molar-refractivity contribution in [2.24, 2.45) is 12.9 Å². The van der Waals surface area contributed by atoms with Crippen LogP contribution in [0.15, 0.2) is 35.1 Å². The summed E-state index contributed by atoms with van der Waals surface area (Å²) >= 11 is 3.22. The van der Waals surface area contributed by atoms with Crippen molar-refractivity contribution in [2.45, 2.75) is 6.04 Å². The highest BCUT2D eigenvalue weighted by molar-refractivity contribution is 9.10. The fourth-order valence-corrected chi connectivity index (χ4v) is 2.20. The Morgan fingerprint density at radius 2 is 2.29 bits per heavy atom. The maximum atomic E-state index is 13.5. The van der Waals surface area contributed by atoms with Crippen molar-refractivity contribution in [3.8, 4) is 0 Å². The average Bonchev–Trinajstić information content (AvgIpc) is 2.72. The minimum absolute atomic E-state index is 0.322. The summed E-state index contributed by atoms with van der Waals surface area (Å²) in [6.45, 7) is 0. The topological polar surface area (TPSA) is 55.9 Å². The molecule has 1 aromatic heterocycles. The number of benzene rings is 1. The third kappa shape index (κ3) is 2.24. The molecular weight excluding hydrogens is 287 g/mol. The number of halogens is 2. The number of aromatic nitrogens is 2. The number of imidazole rings is 1. The summed E-state index contributed by atoms with van der Waals surface area (Å²) in [5, 5.41) is 0.